The van der Waals surface area contributed by atoms with Gasteiger partial charge in [-0.1, -0.05) is 40.5 Å². The van der Waals surface area contributed by atoms with Gasteiger partial charge in [0.1, 0.15) is 11.5 Å². The van der Waals surface area contributed by atoms with E-state index < -0.39 is 23.3 Å². The predicted molar refractivity (Wildman–Crippen MR) is 108 cm³/mol. The van der Waals surface area contributed by atoms with Gasteiger partial charge in [0.05, 0.1) is 21.8 Å². The first-order chi connectivity index (χ1) is 14.1. The number of aliphatic imine (C=N–C) groups is 1. The average Bonchev–Trinajstić information content (AvgIpc) is 3.02. The van der Waals surface area contributed by atoms with Crippen molar-refractivity contribution in [2.24, 2.45) is 10.7 Å². The largest absolute Gasteiger partial charge is 0.434 e. The van der Waals surface area contributed by atoms with Gasteiger partial charge in [-0.2, -0.15) is 13.2 Å². The molecule has 2 N–H and O–H groups in total. The molecule has 0 fully saturated rings. The Bertz CT molecular complexity index is 1130. The van der Waals surface area contributed by atoms with Gasteiger partial charge >= 0.3 is 6.18 Å². The zero-order valence-electron chi connectivity index (χ0n) is 15.3. The molecule has 2 aromatic carbocycles. The fraction of sp³-hybridized carbons (Fsp3) is 0.100. The summed E-state index contributed by atoms with van der Waals surface area (Å²) in [4.78, 5) is 3.67. The highest BCUT2D eigenvalue weighted by Gasteiger charge is 2.40. The average molecular weight is 458 g/mol. The van der Waals surface area contributed by atoms with E-state index in [2.05, 4.69) is 10.1 Å². The van der Waals surface area contributed by atoms with E-state index in [-0.39, 0.29) is 38.3 Å². The lowest BCUT2D eigenvalue weighted by Gasteiger charge is -2.13. The first-order valence-electron chi connectivity index (χ1n) is 8.38. The van der Waals surface area contributed by atoms with Gasteiger partial charge in [0.2, 0.25) is 0 Å². The molecule has 3 rings (SSSR count). The lowest BCUT2D eigenvalue weighted by molar-refractivity contribution is -0.0571. The third-order valence-corrected chi connectivity index (χ3v) is 4.66. The quantitative estimate of drug-likeness (QED) is 0.348. The SMILES string of the molecule is Cc1c(-c2c(F)cccc2Cl)noc1C(=CN)C(=Nc1cccc(Cl)c1)C(F)(F)F. The van der Waals surface area contributed by atoms with Crippen LogP contribution in [0.5, 0.6) is 0 Å². The van der Waals surface area contributed by atoms with Crippen LogP contribution in [-0.2, 0) is 0 Å². The lowest BCUT2D eigenvalue weighted by atomic mass is 10.0. The summed E-state index contributed by atoms with van der Waals surface area (Å²) in [7, 11) is 0. The van der Waals surface area contributed by atoms with E-state index in [1.165, 1.54) is 43.3 Å². The van der Waals surface area contributed by atoms with Crippen molar-refractivity contribution in [3.05, 3.63) is 75.9 Å². The van der Waals surface area contributed by atoms with Crippen LogP contribution in [0.3, 0.4) is 0 Å². The van der Waals surface area contributed by atoms with E-state index >= 15 is 0 Å². The lowest BCUT2D eigenvalue weighted by Crippen LogP contribution is -2.25. The number of hydrogen-bond acceptors (Lipinski definition) is 4. The topological polar surface area (TPSA) is 64.4 Å². The van der Waals surface area contributed by atoms with E-state index in [1.54, 1.807) is 0 Å². The van der Waals surface area contributed by atoms with Gasteiger partial charge in [-0.25, -0.2) is 9.38 Å². The number of nitrogens with two attached hydrogens (primary N) is 1. The van der Waals surface area contributed by atoms with Crippen molar-refractivity contribution < 1.29 is 22.1 Å². The van der Waals surface area contributed by atoms with Crippen LogP contribution in [0.1, 0.15) is 11.3 Å². The molecule has 0 aliphatic heterocycles. The molecule has 10 heteroatoms. The molecule has 3 aromatic rings. The Kier molecular flexibility index (Phi) is 6.19. The number of benzene rings is 2. The van der Waals surface area contributed by atoms with Crippen LogP contribution >= 0.6 is 23.2 Å². The van der Waals surface area contributed by atoms with Gasteiger partial charge in [-0.05, 0) is 37.3 Å². The Hall–Kier alpha value is -2.84. The Balaban J connectivity index is 2.16. The maximum absolute atomic E-state index is 14.3. The summed E-state index contributed by atoms with van der Waals surface area (Å²) < 4.78 is 60.8. The van der Waals surface area contributed by atoms with Crippen LogP contribution < -0.4 is 5.73 Å². The standard InChI is InChI=1S/C20H13Cl2F4N3O/c1-10-17(16-14(22)6-3-7-15(16)23)29-30-18(10)13(9-27)19(20(24,25)26)28-12-5-2-4-11(21)8-12/h2-9H,27H2,1H3. The minimum atomic E-state index is -4.89. The number of halogens is 6. The Labute approximate surface area is 178 Å². The summed E-state index contributed by atoms with van der Waals surface area (Å²) in [5, 5.41) is 3.96. The van der Waals surface area contributed by atoms with E-state index in [1.807, 2.05) is 0 Å². The summed E-state index contributed by atoms with van der Waals surface area (Å²) in [6.45, 7) is 1.42. The molecule has 0 radical (unpaired) electrons. The Morgan fingerprint density at radius 3 is 2.47 bits per heavy atom. The second kappa shape index (κ2) is 8.49. The van der Waals surface area contributed by atoms with Gasteiger partial charge < -0.3 is 10.3 Å². The summed E-state index contributed by atoms with van der Waals surface area (Å²) >= 11 is 11.9. The molecule has 30 heavy (non-hydrogen) atoms. The van der Waals surface area contributed by atoms with Gasteiger partial charge in [-0.15, -0.1) is 0 Å². The van der Waals surface area contributed by atoms with Gasteiger partial charge in [0.15, 0.2) is 11.5 Å². The summed E-state index contributed by atoms with van der Waals surface area (Å²) in [5.41, 5.74) is 3.56. The van der Waals surface area contributed by atoms with Crippen LogP contribution in [0.25, 0.3) is 16.8 Å². The zero-order chi connectivity index (χ0) is 22.1. The molecular weight excluding hydrogens is 445 g/mol. The number of nitrogens with zero attached hydrogens (tertiary/aromatic N) is 2. The molecule has 0 saturated carbocycles. The minimum Gasteiger partial charge on any atom is -0.404 e. The maximum Gasteiger partial charge on any atom is 0.434 e. The third-order valence-electron chi connectivity index (χ3n) is 4.11. The molecular formula is C20H13Cl2F4N3O. The van der Waals surface area contributed by atoms with Crippen LogP contribution in [-0.4, -0.2) is 17.0 Å². The summed E-state index contributed by atoms with van der Waals surface area (Å²) in [6, 6.07) is 9.54. The minimum absolute atomic E-state index is 0.0277. The van der Waals surface area contributed by atoms with Crippen LogP contribution in [0.4, 0.5) is 23.2 Å². The molecule has 4 nitrogen and oxygen atoms in total. The number of alkyl halides is 3. The molecule has 0 amide bonds. The van der Waals surface area contributed by atoms with Gasteiger partial charge in [-0.3, -0.25) is 0 Å². The van der Waals surface area contributed by atoms with Crippen molar-refractivity contribution >= 4 is 40.2 Å². The van der Waals surface area contributed by atoms with Crippen LogP contribution in [0, 0.1) is 12.7 Å². The second-order valence-electron chi connectivity index (χ2n) is 6.10. The van der Waals surface area contributed by atoms with Crippen molar-refractivity contribution in [3.8, 4) is 11.3 Å². The molecule has 0 saturated heterocycles. The maximum atomic E-state index is 14.3. The van der Waals surface area contributed by atoms with Crippen molar-refractivity contribution in [3.63, 3.8) is 0 Å². The molecule has 0 unspecified atom stereocenters. The van der Waals surface area contributed by atoms with Crippen LogP contribution in [0.2, 0.25) is 10.0 Å². The predicted octanol–water partition coefficient (Wildman–Crippen LogP) is 6.73. The molecule has 1 heterocycles. The highest BCUT2D eigenvalue weighted by molar-refractivity contribution is 6.33. The molecule has 0 aliphatic rings. The Morgan fingerprint density at radius 1 is 1.17 bits per heavy atom. The molecule has 0 spiro atoms. The summed E-state index contributed by atoms with van der Waals surface area (Å²) in [5.74, 6) is -1.02. The van der Waals surface area contributed by atoms with Crippen molar-refractivity contribution in [2.75, 3.05) is 0 Å². The molecule has 0 aliphatic carbocycles. The fourth-order valence-corrected chi connectivity index (χ4v) is 3.19. The number of allylic oxidation sites excluding steroid dienone is 1. The normalized spacial score (nSPS) is 13.0. The molecule has 1 aromatic heterocycles. The first-order valence-corrected chi connectivity index (χ1v) is 9.13. The highest BCUT2D eigenvalue weighted by atomic mass is 35.5. The summed E-state index contributed by atoms with van der Waals surface area (Å²) in [6.07, 6.45) is -4.18. The molecule has 0 atom stereocenters. The molecule has 156 valence electrons. The van der Waals surface area contributed by atoms with Crippen molar-refractivity contribution in [2.45, 2.75) is 13.1 Å². The molecule has 0 bridgehead atoms. The first kappa shape index (κ1) is 21.9. The zero-order valence-corrected chi connectivity index (χ0v) is 16.8. The second-order valence-corrected chi connectivity index (χ2v) is 6.94. The van der Waals surface area contributed by atoms with Crippen molar-refractivity contribution in [1.29, 1.82) is 0 Å². The fourth-order valence-electron chi connectivity index (χ4n) is 2.76. The third kappa shape index (κ3) is 4.34. The van der Waals surface area contributed by atoms with E-state index in [9.17, 15) is 17.6 Å². The van der Waals surface area contributed by atoms with E-state index in [0.717, 1.165) is 6.07 Å². The van der Waals surface area contributed by atoms with E-state index in [0.29, 0.717) is 6.20 Å². The smallest absolute Gasteiger partial charge is 0.404 e. The van der Waals surface area contributed by atoms with Gasteiger partial charge in [0.25, 0.3) is 0 Å². The van der Waals surface area contributed by atoms with Gasteiger partial charge in [0, 0.05) is 16.8 Å². The van der Waals surface area contributed by atoms with Crippen molar-refractivity contribution in [1.82, 2.24) is 5.16 Å². The number of rotatable bonds is 4. The van der Waals surface area contributed by atoms with Crippen LogP contribution in [0.15, 0.2) is 58.2 Å². The number of hydrogen-bond donors (Lipinski definition) is 1. The Morgan fingerprint density at radius 2 is 1.87 bits per heavy atom. The highest BCUT2D eigenvalue weighted by Crippen LogP contribution is 2.37. The van der Waals surface area contributed by atoms with E-state index in [4.69, 9.17) is 33.5 Å². The monoisotopic (exact) mass is 457 g/mol. The number of aromatic nitrogens is 1.